The molecule has 0 aliphatic carbocycles. The van der Waals surface area contributed by atoms with Crippen LogP contribution in [0.15, 0.2) is 34.9 Å². The summed E-state index contributed by atoms with van der Waals surface area (Å²) in [5.41, 5.74) is 6.35. The van der Waals surface area contributed by atoms with Crippen molar-refractivity contribution < 1.29 is 0 Å². The van der Waals surface area contributed by atoms with Crippen molar-refractivity contribution in [1.82, 2.24) is 9.97 Å². The zero-order chi connectivity index (χ0) is 11.5. The van der Waals surface area contributed by atoms with Gasteiger partial charge in [0.25, 0.3) is 0 Å². The number of hydrogen-bond donors (Lipinski definition) is 2. The predicted molar refractivity (Wildman–Crippen MR) is 68.9 cm³/mol. The van der Waals surface area contributed by atoms with Crippen LogP contribution in [0, 0.1) is 0 Å². The van der Waals surface area contributed by atoms with E-state index in [0.29, 0.717) is 10.8 Å². The molecule has 1 heterocycles. The average molecular weight is 300 g/mol. The van der Waals surface area contributed by atoms with Gasteiger partial charge in [-0.25, -0.2) is 4.98 Å². The molecular formula is C10H8BrClN4. The minimum absolute atomic E-state index is 0.182. The van der Waals surface area contributed by atoms with Crippen LogP contribution >= 0.6 is 27.5 Å². The number of halogens is 2. The zero-order valence-corrected chi connectivity index (χ0v) is 10.5. The van der Waals surface area contributed by atoms with E-state index in [4.69, 9.17) is 17.3 Å². The molecule has 0 saturated carbocycles. The molecule has 0 bridgehead atoms. The first-order valence-corrected chi connectivity index (χ1v) is 5.63. The van der Waals surface area contributed by atoms with E-state index in [1.54, 1.807) is 0 Å². The van der Waals surface area contributed by atoms with Gasteiger partial charge in [-0.2, -0.15) is 4.98 Å². The van der Waals surface area contributed by atoms with Gasteiger partial charge in [0.15, 0.2) is 5.82 Å². The lowest BCUT2D eigenvalue weighted by Crippen LogP contribution is -2.00. The number of nitrogens with two attached hydrogens (primary N) is 1. The fraction of sp³-hybridized carbons (Fsp3) is 0. The molecule has 1 aromatic heterocycles. The van der Waals surface area contributed by atoms with Gasteiger partial charge in [0.1, 0.15) is 5.02 Å². The van der Waals surface area contributed by atoms with Crippen molar-refractivity contribution in [1.29, 1.82) is 0 Å². The minimum atomic E-state index is 0.182. The van der Waals surface area contributed by atoms with Crippen LogP contribution in [0.3, 0.4) is 0 Å². The lowest BCUT2D eigenvalue weighted by Gasteiger charge is -2.07. The summed E-state index contributed by atoms with van der Waals surface area (Å²) in [7, 11) is 0. The molecule has 4 nitrogen and oxygen atoms in total. The summed E-state index contributed by atoms with van der Waals surface area (Å²) in [5.74, 6) is 0.675. The molecule has 3 N–H and O–H groups in total. The molecule has 0 saturated heterocycles. The fourth-order valence-electron chi connectivity index (χ4n) is 1.17. The molecule has 1 aromatic carbocycles. The molecule has 2 aromatic rings. The monoisotopic (exact) mass is 298 g/mol. The van der Waals surface area contributed by atoms with E-state index < -0.39 is 0 Å². The molecule has 82 valence electrons. The topological polar surface area (TPSA) is 63.8 Å². The van der Waals surface area contributed by atoms with Crippen LogP contribution in [0.4, 0.5) is 17.5 Å². The maximum absolute atomic E-state index is 5.93. The molecule has 0 amide bonds. The summed E-state index contributed by atoms with van der Waals surface area (Å²) in [6, 6.07) is 7.65. The molecule has 0 fully saturated rings. The third-order valence-electron chi connectivity index (χ3n) is 1.85. The molecule has 0 radical (unpaired) electrons. The van der Waals surface area contributed by atoms with Gasteiger partial charge in [-0.1, -0.05) is 33.6 Å². The first kappa shape index (κ1) is 11.2. The second-order valence-electron chi connectivity index (χ2n) is 3.06. The van der Waals surface area contributed by atoms with E-state index in [1.807, 2.05) is 24.3 Å². The van der Waals surface area contributed by atoms with Crippen LogP contribution in [0.2, 0.25) is 5.02 Å². The second kappa shape index (κ2) is 4.67. The maximum Gasteiger partial charge on any atom is 0.222 e. The van der Waals surface area contributed by atoms with Gasteiger partial charge in [0, 0.05) is 10.2 Å². The summed E-state index contributed by atoms with van der Waals surface area (Å²) in [6.45, 7) is 0. The Morgan fingerprint density at radius 3 is 2.94 bits per heavy atom. The first-order chi connectivity index (χ1) is 7.65. The Kier molecular flexibility index (Phi) is 3.26. The first-order valence-electron chi connectivity index (χ1n) is 4.46. The Labute approximate surface area is 106 Å². The normalized spacial score (nSPS) is 10.1. The molecular weight excluding hydrogens is 291 g/mol. The standard InChI is InChI=1S/C10H8BrClN4/c11-6-2-1-3-7(4-6)15-9-8(12)5-14-10(13)16-9/h1-5H,(H3,13,14,15,16). The largest absolute Gasteiger partial charge is 0.368 e. The Hall–Kier alpha value is -1.33. The molecule has 6 heteroatoms. The summed E-state index contributed by atoms with van der Waals surface area (Å²) >= 11 is 9.31. The highest BCUT2D eigenvalue weighted by Crippen LogP contribution is 2.24. The number of nitrogens with one attached hydrogen (secondary N) is 1. The van der Waals surface area contributed by atoms with Crippen LogP contribution in [-0.2, 0) is 0 Å². The molecule has 16 heavy (non-hydrogen) atoms. The van der Waals surface area contributed by atoms with Crippen LogP contribution in [0.25, 0.3) is 0 Å². The maximum atomic E-state index is 5.93. The predicted octanol–water partition coefficient (Wildman–Crippen LogP) is 3.22. The third kappa shape index (κ3) is 2.62. The van der Waals surface area contributed by atoms with Gasteiger partial charge >= 0.3 is 0 Å². The fourth-order valence-corrected chi connectivity index (χ4v) is 1.71. The smallest absolute Gasteiger partial charge is 0.222 e. The number of rotatable bonds is 2. The van der Waals surface area contributed by atoms with Crippen molar-refractivity contribution in [3.63, 3.8) is 0 Å². The molecule has 0 atom stereocenters. The van der Waals surface area contributed by atoms with E-state index in [1.165, 1.54) is 6.20 Å². The molecule has 0 aliphatic heterocycles. The van der Waals surface area contributed by atoms with Crippen LogP contribution in [-0.4, -0.2) is 9.97 Å². The van der Waals surface area contributed by atoms with Crippen molar-refractivity contribution in [2.24, 2.45) is 0 Å². The Bertz CT molecular complexity index is 518. The van der Waals surface area contributed by atoms with E-state index in [9.17, 15) is 0 Å². The van der Waals surface area contributed by atoms with Crippen molar-refractivity contribution in [2.45, 2.75) is 0 Å². The third-order valence-corrected chi connectivity index (χ3v) is 2.62. The van der Waals surface area contributed by atoms with Crippen LogP contribution in [0.5, 0.6) is 0 Å². The quantitative estimate of drug-likeness (QED) is 0.893. The minimum Gasteiger partial charge on any atom is -0.368 e. The van der Waals surface area contributed by atoms with Gasteiger partial charge in [0.2, 0.25) is 5.95 Å². The number of hydrogen-bond acceptors (Lipinski definition) is 4. The van der Waals surface area contributed by atoms with E-state index >= 15 is 0 Å². The Morgan fingerprint density at radius 1 is 1.38 bits per heavy atom. The van der Waals surface area contributed by atoms with E-state index in [-0.39, 0.29) is 5.95 Å². The number of benzene rings is 1. The number of nitrogens with zero attached hydrogens (tertiary/aromatic N) is 2. The van der Waals surface area contributed by atoms with Crippen molar-refractivity contribution >= 4 is 45.0 Å². The summed E-state index contributed by atoms with van der Waals surface area (Å²) < 4.78 is 0.968. The average Bonchev–Trinajstić information content (AvgIpc) is 2.24. The summed E-state index contributed by atoms with van der Waals surface area (Å²) in [5, 5.41) is 3.49. The molecule has 2 rings (SSSR count). The van der Waals surface area contributed by atoms with Crippen LogP contribution < -0.4 is 11.1 Å². The van der Waals surface area contributed by atoms with Gasteiger partial charge in [-0.3, -0.25) is 0 Å². The van der Waals surface area contributed by atoms with Crippen molar-refractivity contribution in [3.05, 3.63) is 40.0 Å². The van der Waals surface area contributed by atoms with Gasteiger partial charge in [-0.15, -0.1) is 0 Å². The zero-order valence-electron chi connectivity index (χ0n) is 8.11. The van der Waals surface area contributed by atoms with Gasteiger partial charge in [-0.05, 0) is 18.2 Å². The lowest BCUT2D eigenvalue weighted by molar-refractivity contribution is 1.18. The number of anilines is 3. The molecule has 0 spiro atoms. The number of aromatic nitrogens is 2. The summed E-state index contributed by atoms with van der Waals surface area (Å²) in [4.78, 5) is 7.79. The summed E-state index contributed by atoms with van der Waals surface area (Å²) in [6.07, 6.45) is 1.46. The lowest BCUT2D eigenvalue weighted by atomic mass is 10.3. The van der Waals surface area contributed by atoms with Crippen LogP contribution in [0.1, 0.15) is 0 Å². The van der Waals surface area contributed by atoms with Gasteiger partial charge in [0.05, 0.1) is 6.20 Å². The number of nitrogen functional groups attached to an aromatic ring is 1. The van der Waals surface area contributed by atoms with E-state index in [2.05, 4.69) is 31.2 Å². The van der Waals surface area contributed by atoms with E-state index in [0.717, 1.165) is 10.2 Å². The molecule has 0 unspecified atom stereocenters. The Morgan fingerprint density at radius 2 is 2.19 bits per heavy atom. The highest BCUT2D eigenvalue weighted by molar-refractivity contribution is 9.10. The van der Waals surface area contributed by atoms with Crippen molar-refractivity contribution in [3.8, 4) is 0 Å². The van der Waals surface area contributed by atoms with Gasteiger partial charge < -0.3 is 11.1 Å². The highest BCUT2D eigenvalue weighted by atomic mass is 79.9. The second-order valence-corrected chi connectivity index (χ2v) is 4.38. The molecule has 0 aliphatic rings. The Balaban J connectivity index is 2.30. The SMILES string of the molecule is Nc1ncc(Cl)c(Nc2cccc(Br)c2)n1. The highest BCUT2D eigenvalue weighted by Gasteiger charge is 2.04. The van der Waals surface area contributed by atoms with Crippen molar-refractivity contribution in [2.75, 3.05) is 11.1 Å².